The van der Waals surface area contributed by atoms with Crippen LogP contribution in [0.1, 0.15) is 34.1 Å². The summed E-state index contributed by atoms with van der Waals surface area (Å²) in [5.41, 5.74) is 0. The summed E-state index contributed by atoms with van der Waals surface area (Å²) in [4.78, 5) is 14.5. The van der Waals surface area contributed by atoms with Crippen LogP contribution in [0.25, 0.3) is 0 Å². The Morgan fingerprint density at radius 2 is 1.94 bits per heavy atom. The fraction of sp³-hybridized carbons (Fsp3) is 0.923. The lowest BCUT2D eigenvalue weighted by Gasteiger charge is -2.27. The molecule has 94 valence electrons. The van der Waals surface area contributed by atoms with Crippen molar-refractivity contribution in [2.24, 2.45) is 11.8 Å². The third kappa shape index (κ3) is 3.56. The minimum Gasteiger partial charge on any atom is -0.306 e. The Bertz CT molecular complexity index is 238. The van der Waals surface area contributed by atoms with Crippen molar-refractivity contribution in [2.45, 2.75) is 46.2 Å². The number of nitrogens with zero attached hydrogens (tertiary/aromatic N) is 1. The summed E-state index contributed by atoms with van der Waals surface area (Å²) in [6.45, 7) is 10.4. The first kappa shape index (κ1) is 13.7. The van der Waals surface area contributed by atoms with E-state index in [4.69, 9.17) is 0 Å². The van der Waals surface area contributed by atoms with Crippen LogP contribution in [0.3, 0.4) is 0 Å². The average molecular weight is 226 g/mol. The Labute approximate surface area is 99.6 Å². The van der Waals surface area contributed by atoms with Crippen LogP contribution in [0.4, 0.5) is 0 Å². The van der Waals surface area contributed by atoms with Crippen LogP contribution >= 0.6 is 0 Å². The van der Waals surface area contributed by atoms with Gasteiger partial charge in [-0.25, -0.2) is 0 Å². The molecule has 0 radical (unpaired) electrons. The van der Waals surface area contributed by atoms with Crippen LogP contribution in [0, 0.1) is 11.8 Å². The molecule has 16 heavy (non-hydrogen) atoms. The van der Waals surface area contributed by atoms with Crippen LogP contribution < -0.4 is 5.32 Å². The molecular formula is C13H26N2O. The Kier molecular flexibility index (Phi) is 4.93. The molecule has 1 saturated heterocycles. The van der Waals surface area contributed by atoms with Gasteiger partial charge in [-0.05, 0) is 25.9 Å². The number of carbonyl (C=O) groups is 1. The Morgan fingerprint density at radius 3 is 2.31 bits per heavy atom. The first-order valence-corrected chi connectivity index (χ1v) is 6.40. The lowest BCUT2D eigenvalue weighted by molar-refractivity contribution is -0.125. The molecule has 0 amide bonds. The van der Waals surface area contributed by atoms with Crippen molar-refractivity contribution in [3.8, 4) is 0 Å². The van der Waals surface area contributed by atoms with Crippen LogP contribution in [-0.4, -0.2) is 42.9 Å². The van der Waals surface area contributed by atoms with E-state index < -0.39 is 0 Å². The second-order valence-corrected chi connectivity index (χ2v) is 5.67. The van der Waals surface area contributed by atoms with Gasteiger partial charge in [-0.15, -0.1) is 0 Å². The van der Waals surface area contributed by atoms with Gasteiger partial charge in [0.25, 0.3) is 0 Å². The Balaban J connectivity index is 2.67. The monoisotopic (exact) mass is 226 g/mol. The molecular weight excluding hydrogens is 200 g/mol. The number of Topliss-reactive ketones (excluding diaryl/α,β-unsaturated/α-hetero) is 1. The lowest BCUT2D eigenvalue weighted by atomic mass is 9.89. The molecule has 1 fully saturated rings. The molecule has 1 aliphatic heterocycles. The molecule has 2 atom stereocenters. The third-order valence-corrected chi connectivity index (χ3v) is 3.29. The van der Waals surface area contributed by atoms with E-state index in [2.05, 4.69) is 31.1 Å². The molecule has 0 aliphatic carbocycles. The summed E-state index contributed by atoms with van der Waals surface area (Å²) in [5, 5.41) is 3.45. The SMILES string of the molecule is CC(C)NC(C(=O)C(C)C)C1CCN(C)C1. The number of rotatable bonds is 5. The van der Waals surface area contributed by atoms with E-state index >= 15 is 0 Å². The first-order chi connectivity index (χ1) is 7.41. The molecule has 0 aromatic heterocycles. The van der Waals surface area contributed by atoms with Crippen molar-refractivity contribution in [2.75, 3.05) is 20.1 Å². The number of likely N-dealkylation sites (tertiary alicyclic amines) is 1. The van der Waals surface area contributed by atoms with Gasteiger partial charge in [0.2, 0.25) is 0 Å². The normalized spacial score (nSPS) is 24.3. The number of carbonyl (C=O) groups excluding carboxylic acids is 1. The molecule has 3 heteroatoms. The van der Waals surface area contributed by atoms with Crippen molar-refractivity contribution in [3.05, 3.63) is 0 Å². The van der Waals surface area contributed by atoms with E-state index in [1.807, 2.05) is 13.8 Å². The van der Waals surface area contributed by atoms with Gasteiger partial charge in [-0.3, -0.25) is 4.79 Å². The second kappa shape index (κ2) is 5.78. The quantitative estimate of drug-likeness (QED) is 0.771. The average Bonchev–Trinajstić information content (AvgIpc) is 2.59. The van der Waals surface area contributed by atoms with Crippen molar-refractivity contribution in [3.63, 3.8) is 0 Å². The number of hydrogen-bond acceptors (Lipinski definition) is 3. The zero-order chi connectivity index (χ0) is 12.3. The number of nitrogens with one attached hydrogen (secondary N) is 1. The van der Waals surface area contributed by atoms with Gasteiger partial charge < -0.3 is 10.2 Å². The van der Waals surface area contributed by atoms with E-state index in [0.29, 0.717) is 17.7 Å². The fourth-order valence-corrected chi connectivity index (χ4v) is 2.41. The van der Waals surface area contributed by atoms with Crippen LogP contribution in [0.5, 0.6) is 0 Å². The Morgan fingerprint density at radius 1 is 1.31 bits per heavy atom. The highest BCUT2D eigenvalue weighted by Gasteiger charge is 2.33. The van der Waals surface area contributed by atoms with Crippen LogP contribution in [-0.2, 0) is 4.79 Å². The molecule has 0 aromatic rings. The lowest BCUT2D eigenvalue weighted by Crippen LogP contribution is -2.48. The van der Waals surface area contributed by atoms with E-state index in [9.17, 15) is 4.79 Å². The highest BCUT2D eigenvalue weighted by molar-refractivity contribution is 5.86. The van der Waals surface area contributed by atoms with Gasteiger partial charge in [0, 0.05) is 18.5 Å². The zero-order valence-corrected chi connectivity index (χ0v) is 11.3. The van der Waals surface area contributed by atoms with Crippen LogP contribution in [0.2, 0.25) is 0 Å². The molecule has 0 bridgehead atoms. The minimum atomic E-state index is 0.0462. The van der Waals surface area contributed by atoms with Gasteiger partial charge in [0.1, 0.15) is 0 Å². The van der Waals surface area contributed by atoms with Gasteiger partial charge in [-0.1, -0.05) is 27.7 Å². The predicted octanol–water partition coefficient (Wildman–Crippen LogP) is 1.53. The van der Waals surface area contributed by atoms with E-state index in [-0.39, 0.29) is 12.0 Å². The van der Waals surface area contributed by atoms with E-state index in [1.54, 1.807) is 0 Å². The summed E-state index contributed by atoms with van der Waals surface area (Å²) in [7, 11) is 2.13. The summed E-state index contributed by atoms with van der Waals surface area (Å²) in [6.07, 6.45) is 1.14. The molecule has 0 spiro atoms. The Hall–Kier alpha value is -0.410. The summed E-state index contributed by atoms with van der Waals surface area (Å²) < 4.78 is 0. The number of ketones is 1. The maximum atomic E-state index is 12.2. The van der Waals surface area contributed by atoms with Gasteiger partial charge in [-0.2, -0.15) is 0 Å². The van der Waals surface area contributed by atoms with Gasteiger partial charge in [0.15, 0.2) is 5.78 Å². The van der Waals surface area contributed by atoms with Crippen molar-refractivity contribution >= 4 is 5.78 Å². The summed E-state index contributed by atoms with van der Waals surface area (Å²) in [5.74, 6) is 0.985. The third-order valence-electron chi connectivity index (χ3n) is 3.29. The highest BCUT2D eigenvalue weighted by atomic mass is 16.1. The molecule has 1 rings (SSSR count). The first-order valence-electron chi connectivity index (χ1n) is 6.40. The highest BCUT2D eigenvalue weighted by Crippen LogP contribution is 2.21. The molecule has 0 saturated carbocycles. The standard InChI is InChI=1S/C13H26N2O/c1-9(2)13(16)12(14-10(3)4)11-6-7-15(5)8-11/h9-12,14H,6-8H2,1-5H3. The fourth-order valence-electron chi connectivity index (χ4n) is 2.41. The molecule has 1 N–H and O–H groups in total. The predicted molar refractivity (Wildman–Crippen MR) is 67.5 cm³/mol. The van der Waals surface area contributed by atoms with Crippen LogP contribution in [0.15, 0.2) is 0 Å². The maximum Gasteiger partial charge on any atom is 0.152 e. The summed E-state index contributed by atoms with van der Waals surface area (Å²) in [6, 6.07) is 0.420. The zero-order valence-electron chi connectivity index (χ0n) is 11.3. The smallest absolute Gasteiger partial charge is 0.152 e. The maximum absolute atomic E-state index is 12.2. The van der Waals surface area contributed by atoms with Crippen molar-refractivity contribution in [1.82, 2.24) is 10.2 Å². The van der Waals surface area contributed by atoms with Crippen molar-refractivity contribution in [1.29, 1.82) is 0 Å². The summed E-state index contributed by atoms with van der Waals surface area (Å²) >= 11 is 0. The molecule has 3 nitrogen and oxygen atoms in total. The van der Waals surface area contributed by atoms with Gasteiger partial charge in [0.05, 0.1) is 6.04 Å². The van der Waals surface area contributed by atoms with Crippen molar-refractivity contribution < 1.29 is 4.79 Å². The molecule has 0 aromatic carbocycles. The molecule has 1 heterocycles. The van der Waals surface area contributed by atoms with E-state index in [1.165, 1.54) is 0 Å². The largest absolute Gasteiger partial charge is 0.306 e. The van der Waals surface area contributed by atoms with Gasteiger partial charge >= 0.3 is 0 Å². The minimum absolute atomic E-state index is 0.0462. The second-order valence-electron chi connectivity index (χ2n) is 5.67. The molecule has 1 aliphatic rings. The topological polar surface area (TPSA) is 32.3 Å². The van der Waals surface area contributed by atoms with E-state index in [0.717, 1.165) is 19.5 Å². The number of hydrogen-bond donors (Lipinski definition) is 1. The molecule has 2 unspecified atom stereocenters.